The summed E-state index contributed by atoms with van der Waals surface area (Å²) in [6, 6.07) is 6.90. The van der Waals surface area contributed by atoms with Crippen molar-refractivity contribution in [3.63, 3.8) is 0 Å². The topological polar surface area (TPSA) is 15.3 Å². The summed E-state index contributed by atoms with van der Waals surface area (Å²) in [6.07, 6.45) is 3.67. The number of benzene rings is 1. The van der Waals surface area contributed by atoms with Crippen LogP contribution >= 0.6 is 12.2 Å². The third-order valence-electron chi connectivity index (χ3n) is 4.77. The van der Waals surface area contributed by atoms with Crippen LogP contribution in [0.5, 0.6) is 0 Å². The Morgan fingerprint density at radius 1 is 1.24 bits per heavy atom. The molecule has 2 atom stereocenters. The lowest BCUT2D eigenvalue weighted by atomic mass is 9.65. The Morgan fingerprint density at radius 2 is 1.90 bits per heavy atom. The molecule has 0 aromatic heterocycles. The highest BCUT2D eigenvalue weighted by molar-refractivity contribution is 7.80. The Morgan fingerprint density at radius 3 is 2.57 bits per heavy atom. The number of thiocarbonyl (C=S) groups is 1. The van der Waals surface area contributed by atoms with Crippen LogP contribution in [0.4, 0.5) is 10.1 Å². The second-order valence-corrected chi connectivity index (χ2v) is 8.17. The summed E-state index contributed by atoms with van der Waals surface area (Å²) >= 11 is 5.60. The van der Waals surface area contributed by atoms with Crippen molar-refractivity contribution >= 4 is 23.0 Å². The highest BCUT2D eigenvalue weighted by Crippen LogP contribution is 2.52. The fourth-order valence-electron chi connectivity index (χ4n) is 4.43. The Hall–Kier alpha value is -1.16. The molecule has 1 saturated carbocycles. The molecule has 0 amide bonds. The van der Waals surface area contributed by atoms with Crippen LogP contribution in [-0.2, 0) is 0 Å². The molecule has 0 spiro atoms. The molecule has 1 N–H and O–H groups in total. The number of hydrogen-bond donors (Lipinski definition) is 1. The van der Waals surface area contributed by atoms with Gasteiger partial charge in [-0.15, -0.1) is 0 Å². The van der Waals surface area contributed by atoms with Gasteiger partial charge in [-0.1, -0.05) is 20.8 Å². The molecule has 1 aromatic carbocycles. The van der Waals surface area contributed by atoms with Gasteiger partial charge in [-0.25, -0.2) is 4.39 Å². The van der Waals surface area contributed by atoms with E-state index >= 15 is 0 Å². The lowest BCUT2D eigenvalue weighted by molar-refractivity contribution is 0.132. The summed E-state index contributed by atoms with van der Waals surface area (Å²) in [6.45, 7) is 8.12. The summed E-state index contributed by atoms with van der Waals surface area (Å²) in [4.78, 5) is 2.34. The van der Waals surface area contributed by atoms with Crippen LogP contribution in [0.25, 0.3) is 0 Å². The zero-order valence-electron chi connectivity index (χ0n) is 12.9. The molecule has 1 aliphatic heterocycles. The zero-order valence-corrected chi connectivity index (χ0v) is 13.8. The molecule has 21 heavy (non-hydrogen) atoms. The molecule has 0 unspecified atom stereocenters. The van der Waals surface area contributed by atoms with E-state index < -0.39 is 0 Å². The van der Waals surface area contributed by atoms with Crippen molar-refractivity contribution in [2.45, 2.75) is 46.1 Å². The van der Waals surface area contributed by atoms with Crippen LogP contribution in [0.2, 0.25) is 0 Å². The van der Waals surface area contributed by atoms with Crippen molar-refractivity contribution in [2.75, 3.05) is 11.9 Å². The van der Waals surface area contributed by atoms with Crippen molar-refractivity contribution in [2.24, 2.45) is 10.8 Å². The third-order valence-corrected chi connectivity index (χ3v) is 5.11. The van der Waals surface area contributed by atoms with Gasteiger partial charge in [-0.3, -0.25) is 0 Å². The van der Waals surface area contributed by atoms with E-state index in [1.54, 1.807) is 12.1 Å². The molecule has 1 heterocycles. The fourth-order valence-corrected chi connectivity index (χ4v) is 4.76. The number of fused-ring (bicyclic) bond motifs is 2. The van der Waals surface area contributed by atoms with Gasteiger partial charge in [0.2, 0.25) is 0 Å². The minimum absolute atomic E-state index is 0.224. The highest BCUT2D eigenvalue weighted by atomic mass is 32.1. The summed E-state index contributed by atoms with van der Waals surface area (Å²) < 4.78 is 13.0. The van der Waals surface area contributed by atoms with Gasteiger partial charge < -0.3 is 10.2 Å². The summed E-state index contributed by atoms with van der Waals surface area (Å²) in [5.74, 6) is -0.224. The number of anilines is 1. The van der Waals surface area contributed by atoms with Gasteiger partial charge >= 0.3 is 0 Å². The Balaban J connectivity index is 1.73. The summed E-state index contributed by atoms with van der Waals surface area (Å²) in [5.41, 5.74) is 1.60. The fraction of sp³-hybridized carbons (Fsp3) is 0.588. The molecule has 1 aromatic rings. The van der Waals surface area contributed by atoms with Crippen molar-refractivity contribution < 1.29 is 4.39 Å². The number of nitrogens with one attached hydrogen (secondary N) is 1. The number of likely N-dealkylation sites (tertiary alicyclic amines) is 1. The van der Waals surface area contributed by atoms with Crippen molar-refractivity contribution in [1.82, 2.24) is 4.90 Å². The van der Waals surface area contributed by atoms with Crippen LogP contribution in [-0.4, -0.2) is 22.6 Å². The van der Waals surface area contributed by atoms with Gasteiger partial charge in [-0.05, 0) is 66.6 Å². The quantitative estimate of drug-likeness (QED) is 0.773. The number of halogens is 1. The molecule has 0 radical (unpaired) electrons. The SMILES string of the molecule is CC1(C)C[C@H]2C[C@@](C)(CN2C(=S)Nc2ccc(F)cc2)C1. The Kier molecular flexibility index (Phi) is 3.47. The third kappa shape index (κ3) is 3.05. The van der Waals surface area contributed by atoms with Crippen molar-refractivity contribution in [3.05, 3.63) is 30.1 Å². The van der Waals surface area contributed by atoms with Crippen LogP contribution in [0.15, 0.2) is 24.3 Å². The van der Waals surface area contributed by atoms with Crippen molar-refractivity contribution in [1.29, 1.82) is 0 Å². The van der Waals surface area contributed by atoms with Gasteiger partial charge in [0.15, 0.2) is 5.11 Å². The number of hydrogen-bond acceptors (Lipinski definition) is 1. The van der Waals surface area contributed by atoms with Gasteiger partial charge in [0.1, 0.15) is 5.82 Å². The first-order chi connectivity index (χ1) is 9.76. The Bertz CT molecular complexity index is 554. The average Bonchev–Trinajstić information content (AvgIpc) is 2.61. The minimum Gasteiger partial charge on any atom is -0.345 e. The van der Waals surface area contributed by atoms with Gasteiger partial charge in [0.05, 0.1) is 0 Å². The smallest absolute Gasteiger partial charge is 0.173 e. The van der Waals surface area contributed by atoms with E-state index in [1.165, 1.54) is 31.4 Å². The Labute approximate surface area is 131 Å². The number of rotatable bonds is 1. The van der Waals surface area contributed by atoms with Crippen LogP contribution in [0.1, 0.15) is 40.0 Å². The molecule has 2 bridgehead atoms. The molecule has 2 fully saturated rings. The van der Waals surface area contributed by atoms with E-state index in [4.69, 9.17) is 12.2 Å². The molecule has 114 valence electrons. The molecule has 2 nitrogen and oxygen atoms in total. The molecule has 1 saturated heterocycles. The van der Waals surface area contributed by atoms with Crippen molar-refractivity contribution in [3.8, 4) is 0 Å². The van der Waals surface area contributed by atoms with Crippen LogP contribution in [0, 0.1) is 16.6 Å². The second-order valence-electron chi connectivity index (χ2n) is 7.78. The molecular formula is C17H23FN2S. The maximum Gasteiger partial charge on any atom is 0.173 e. The normalized spacial score (nSPS) is 30.3. The maximum atomic E-state index is 13.0. The largest absolute Gasteiger partial charge is 0.345 e. The van der Waals surface area contributed by atoms with E-state index in [0.717, 1.165) is 17.3 Å². The highest BCUT2D eigenvalue weighted by Gasteiger charge is 2.50. The molecular weight excluding hydrogens is 283 g/mol. The maximum absolute atomic E-state index is 13.0. The minimum atomic E-state index is -0.224. The van der Waals surface area contributed by atoms with Crippen LogP contribution in [0.3, 0.4) is 0 Å². The van der Waals surface area contributed by atoms with E-state index in [9.17, 15) is 4.39 Å². The van der Waals surface area contributed by atoms with E-state index in [1.807, 2.05) is 0 Å². The van der Waals surface area contributed by atoms with Gasteiger partial charge in [0.25, 0.3) is 0 Å². The average molecular weight is 306 g/mol. The van der Waals surface area contributed by atoms with Gasteiger partial charge in [-0.2, -0.15) is 0 Å². The predicted molar refractivity (Wildman–Crippen MR) is 88.9 cm³/mol. The first kappa shape index (κ1) is 14.8. The molecule has 1 aliphatic carbocycles. The summed E-state index contributed by atoms with van der Waals surface area (Å²) in [5, 5.41) is 4.03. The lowest BCUT2D eigenvalue weighted by Crippen LogP contribution is -2.39. The predicted octanol–water partition coefficient (Wildman–Crippen LogP) is 4.42. The van der Waals surface area contributed by atoms with E-state index in [-0.39, 0.29) is 5.82 Å². The first-order valence-electron chi connectivity index (χ1n) is 7.60. The second kappa shape index (κ2) is 4.94. The van der Waals surface area contributed by atoms with E-state index in [0.29, 0.717) is 16.9 Å². The molecule has 2 aliphatic rings. The summed E-state index contributed by atoms with van der Waals surface area (Å²) in [7, 11) is 0. The van der Waals surface area contributed by atoms with Gasteiger partial charge in [0, 0.05) is 18.3 Å². The monoisotopic (exact) mass is 306 g/mol. The lowest BCUT2D eigenvalue weighted by Gasteiger charge is -2.39. The molecule has 4 heteroatoms. The van der Waals surface area contributed by atoms with E-state index in [2.05, 4.69) is 31.0 Å². The molecule has 3 rings (SSSR count). The van der Waals surface area contributed by atoms with Crippen LogP contribution < -0.4 is 5.32 Å². The number of nitrogens with zero attached hydrogens (tertiary/aromatic N) is 1. The standard InChI is InChI=1S/C17H23FN2S/c1-16(2)8-14-9-17(3,10-16)11-20(14)15(21)19-13-6-4-12(18)5-7-13/h4-7,14H,8-11H2,1-3H3,(H,19,21)/t14-,17+/m0/s1. The zero-order chi connectivity index (χ0) is 15.3. The first-order valence-corrected chi connectivity index (χ1v) is 8.01.